The fourth-order valence-electron chi connectivity index (χ4n) is 9.99. The molecule has 1 heterocycles. The minimum Gasteiger partial charge on any atom is -0.493 e. The number of benzene rings is 2. The normalized spacial score (nSPS) is 13.2. The Bertz CT molecular complexity index is 1540. The van der Waals surface area contributed by atoms with Gasteiger partial charge in [-0.1, -0.05) is 256 Å². The van der Waals surface area contributed by atoms with Crippen molar-refractivity contribution in [1.29, 1.82) is 0 Å². The molecule has 0 amide bonds. The molecular weight excluding hydrogens is 761 g/mol. The highest BCUT2D eigenvalue weighted by Gasteiger charge is 2.36. The molecule has 2 aromatic carbocycles. The first kappa shape index (κ1) is 54.6. The van der Waals surface area contributed by atoms with Gasteiger partial charge in [-0.2, -0.15) is 0 Å². The largest absolute Gasteiger partial charge is 0.493 e. The van der Waals surface area contributed by atoms with Crippen molar-refractivity contribution in [3.8, 4) is 0 Å². The average molecular weight is 861 g/mol. The smallest absolute Gasteiger partial charge is 0.211 e. The second kappa shape index (κ2) is 37.5. The van der Waals surface area contributed by atoms with Crippen LogP contribution in [-0.2, 0) is 12.8 Å². The summed E-state index contributed by atoms with van der Waals surface area (Å²) >= 11 is 0. The first-order valence-corrected chi connectivity index (χ1v) is 27.9. The first-order valence-electron chi connectivity index (χ1n) is 27.9. The molecule has 354 valence electrons. The summed E-state index contributed by atoms with van der Waals surface area (Å²) in [6.07, 6.45) is 56.4. The van der Waals surface area contributed by atoms with Gasteiger partial charge < -0.3 is 5.53 Å². The van der Waals surface area contributed by atoms with Gasteiger partial charge in [-0.05, 0) is 93.5 Å². The summed E-state index contributed by atoms with van der Waals surface area (Å²) in [5, 5.41) is 0. The number of rotatable bonds is 42. The van der Waals surface area contributed by atoms with E-state index in [1.54, 1.807) is 4.70 Å². The van der Waals surface area contributed by atoms with Crippen LogP contribution < -0.4 is 0 Å². The lowest BCUT2D eigenvalue weighted by Gasteiger charge is -2.13. The Labute approximate surface area is 392 Å². The highest BCUT2D eigenvalue weighted by molar-refractivity contribution is 5.83. The van der Waals surface area contributed by atoms with E-state index in [9.17, 15) is 5.53 Å². The van der Waals surface area contributed by atoms with Crippen molar-refractivity contribution in [2.24, 2.45) is 0 Å². The molecule has 0 aliphatic carbocycles. The van der Waals surface area contributed by atoms with Gasteiger partial charge in [0.25, 0.3) is 0 Å². The van der Waals surface area contributed by atoms with Crippen LogP contribution in [0, 0.1) is 0 Å². The van der Waals surface area contributed by atoms with Gasteiger partial charge in [0.05, 0.1) is 0 Å². The van der Waals surface area contributed by atoms with Crippen molar-refractivity contribution < 1.29 is 4.70 Å². The molecule has 0 N–H and O–H groups in total. The highest BCUT2D eigenvalue weighted by Crippen LogP contribution is 2.45. The van der Waals surface area contributed by atoms with Gasteiger partial charge in [0, 0.05) is 22.3 Å². The van der Waals surface area contributed by atoms with E-state index in [-0.39, 0.29) is 0 Å². The van der Waals surface area contributed by atoms with Gasteiger partial charge in [-0.3, -0.25) is 0 Å². The maximum Gasteiger partial charge on any atom is 0.211 e. The van der Waals surface area contributed by atoms with E-state index < -0.39 is 0 Å². The molecule has 0 aromatic heterocycles. The predicted octanol–water partition coefficient (Wildman–Crippen LogP) is 21.0. The molecule has 0 unspecified atom stereocenters. The summed E-state index contributed by atoms with van der Waals surface area (Å²) in [4.78, 5) is 0. The van der Waals surface area contributed by atoms with Gasteiger partial charge in [-0.25, -0.2) is 4.70 Å². The fourth-order valence-corrected chi connectivity index (χ4v) is 9.99. The molecule has 0 spiro atoms. The van der Waals surface area contributed by atoms with Crippen LogP contribution in [0.3, 0.4) is 0 Å². The molecule has 0 saturated heterocycles. The Hall–Kier alpha value is -2.74. The molecular formula is C61H100N2. The molecule has 0 atom stereocenters. The fraction of sp³-hybridized carbons (Fsp3) is 0.705. The zero-order valence-corrected chi connectivity index (χ0v) is 42.2. The lowest BCUT2D eigenvalue weighted by molar-refractivity contribution is -0.345. The first-order chi connectivity index (χ1) is 31.2. The van der Waals surface area contributed by atoms with Crippen LogP contribution in [-0.4, -0.2) is 4.70 Å². The molecule has 1 aliphatic heterocycles. The van der Waals surface area contributed by atoms with Crippen LogP contribution in [0.4, 0.5) is 0 Å². The molecule has 0 saturated carbocycles. The van der Waals surface area contributed by atoms with Crippen LogP contribution in [0.5, 0.6) is 0 Å². The second-order valence-corrected chi connectivity index (χ2v) is 19.6. The zero-order valence-electron chi connectivity index (χ0n) is 42.2. The van der Waals surface area contributed by atoms with E-state index in [4.69, 9.17) is 0 Å². The molecule has 0 bridgehead atoms. The number of hydrogen-bond acceptors (Lipinski definition) is 0. The topological polar surface area (TPSA) is 25.3 Å². The van der Waals surface area contributed by atoms with Crippen molar-refractivity contribution in [2.75, 3.05) is 0 Å². The Morgan fingerprint density at radius 3 is 1.32 bits per heavy atom. The molecule has 0 radical (unpaired) electrons. The van der Waals surface area contributed by atoms with E-state index >= 15 is 0 Å². The lowest BCUT2D eigenvalue weighted by Crippen LogP contribution is -2.05. The number of aryl methyl sites for hydroxylation is 2. The summed E-state index contributed by atoms with van der Waals surface area (Å²) in [6, 6.07) is 18.2. The predicted molar refractivity (Wildman–Crippen MR) is 280 cm³/mol. The van der Waals surface area contributed by atoms with E-state index in [2.05, 4.69) is 88.4 Å². The summed E-state index contributed by atoms with van der Waals surface area (Å²) in [6.45, 7) is 9.20. The van der Waals surface area contributed by atoms with Crippen molar-refractivity contribution in [3.05, 3.63) is 99.6 Å². The second-order valence-electron chi connectivity index (χ2n) is 19.6. The van der Waals surface area contributed by atoms with Crippen LogP contribution in [0.2, 0.25) is 0 Å². The summed E-state index contributed by atoms with van der Waals surface area (Å²) < 4.78 is 1.63. The molecule has 63 heavy (non-hydrogen) atoms. The molecule has 0 fully saturated rings. The average Bonchev–Trinajstić information content (AvgIpc) is 3.57. The minimum atomic E-state index is 0.998. The maximum atomic E-state index is 12.4. The third-order valence-corrected chi connectivity index (χ3v) is 13.9. The monoisotopic (exact) mass is 861 g/mol. The Balaban J connectivity index is 1.49. The van der Waals surface area contributed by atoms with E-state index in [0.717, 1.165) is 56.3 Å². The quantitative estimate of drug-likeness (QED) is 0.0361. The van der Waals surface area contributed by atoms with E-state index in [0.29, 0.717) is 0 Å². The molecule has 1 aliphatic rings. The van der Waals surface area contributed by atoms with Gasteiger partial charge in [-0.15, -0.1) is 0 Å². The van der Waals surface area contributed by atoms with Crippen molar-refractivity contribution in [3.63, 3.8) is 0 Å². The van der Waals surface area contributed by atoms with Gasteiger partial charge in [0.15, 0.2) is 0 Å². The van der Waals surface area contributed by atoms with Crippen molar-refractivity contribution in [1.82, 2.24) is 0 Å². The lowest BCUT2D eigenvalue weighted by atomic mass is 9.90. The number of nitrogens with zero attached hydrogens (tertiary/aromatic N) is 2. The summed E-state index contributed by atoms with van der Waals surface area (Å²) in [7, 11) is 0. The number of allylic oxidation sites excluding steroid dienone is 4. The van der Waals surface area contributed by atoms with Crippen molar-refractivity contribution >= 4 is 11.4 Å². The van der Waals surface area contributed by atoms with E-state index in [1.807, 2.05) is 0 Å². The number of hydrogen-bond donors (Lipinski definition) is 0. The Morgan fingerprint density at radius 2 is 0.794 bits per heavy atom. The SMILES string of the molecule is CCCCCCCCC=CCCc1ccccc1C1=C(CCCCC)C(CCCCC)=C(c2cccc(CCCCCCCCCCCCCCCCCCCCCCC)c2)[N+]1=[N-]. The Kier molecular flexibility index (Phi) is 32.5. The van der Waals surface area contributed by atoms with Gasteiger partial charge in [0.2, 0.25) is 11.4 Å². The summed E-state index contributed by atoms with van der Waals surface area (Å²) in [5.41, 5.74) is 22.5. The van der Waals surface area contributed by atoms with Crippen molar-refractivity contribution in [2.45, 2.75) is 278 Å². The van der Waals surface area contributed by atoms with Crippen LogP contribution in [0.25, 0.3) is 16.9 Å². The minimum absolute atomic E-state index is 0.998. The zero-order chi connectivity index (χ0) is 44.8. The Morgan fingerprint density at radius 1 is 0.381 bits per heavy atom. The van der Waals surface area contributed by atoms with Gasteiger partial charge >= 0.3 is 0 Å². The van der Waals surface area contributed by atoms with Crippen LogP contribution in [0.15, 0.2) is 71.8 Å². The standard InChI is InChI=1S/C61H100N2/c1-5-9-13-15-17-19-21-22-23-24-25-26-27-28-29-30-31-32-34-36-40-45-54-46-44-49-56(53-54)60-58(51-38-11-7-3)59(52-39-12-8-4)61(63(60)62)57-50-43-42-48-55(57)47-41-37-35-33-20-18-16-14-10-6-2/h35,37,42-44,46,48-50,53H,5-34,36,38-41,45,47,51-52H2,1-4H3. The van der Waals surface area contributed by atoms with Crippen LogP contribution in [0.1, 0.15) is 288 Å². The van der Waals surface area contributed by atoms with Gasteiger partial charge in [0.1, 0.15) is 0 Å². The summed E-state index contributed by atoms with van der Waals surface area (Å²) in [5.74, 6) is 0. The number of unbranched alkanes of at least 4 members (excludes halogenated alkanes) is 30. The third kappa shape index (κ3) is 23.3. The van der Waals surface area contributed by atoms with Crippen LogP contribution >= 0.6 is 0 Å². The molecule has 3 rings (SSSR count). The van der Waals surface area contributed by atoms with E-state index in [1.165, 1.54) is 239 Å². The maximum absolute atomic E-state index is 12.4. The molecule has 2 aromatic rings. The highest BCUT2D eigenvalue weighted by atomic mass is 15.2. The third-order valence-electron chi connectivity index (χ3n) is 13.9. The molecule has 2 nitrogen and oxygen atoms in total. The molecule has 2 heteroatoms.